The molecule has 0 spiro atoms. The summed E-state index contributed by atoms with van der Waals surface area (Å²) in [6, 6.07) is 11.9. The molecule has 0 bridgehead atoms. The number of hydrogen-bond acceptors (Lipinski definition) is 5. The van der Waals surface area contributed by atoms with E-state index >= 15 is 0 Å². The maximum Gasteiger partial charge on any atom is 0.307 e. The number of carbonyl (C=O) groups is 3. The molecule has 0 atom stereocenters. The van der Waals surface area contributed by atoms with Gasteiger partial charge in [0.05, 0.1) is 25.5 Å². The van der Waals surface area contributed by atoms with Gasteiger partial charge in [0.15, 0.2) is 0 Å². The second-order valence-electron chi connectivity index (χ2n) is 9.50. The molecule has 3 aromatic rings. The molecule has 1 aliphatic rings. The molecule has 0 unspecified atom stereocenters. The van der Waals surface area contributed by atoms with Gasteiger partial charge in [-0.3, -0.25) is 19.0 Å². The topological polar surface area (TPSA) is 132 Å². The predicted molar refractivity (Wildman–Crippen MR) is 143 cm³/mol. The molecule has 198 valence electrons. The Morgan fingerprint density at radius 1 is 1.03 bits per heavy atom. The number of nitrogens with two attached hydrogens (primary N) is 1. The van der Waals surface area contributed by atoms with Crippen LogP contribution >= 0.6 is 11.6 Å². The van der Waals surface area contributed by atoms with E-state index in [1.807, 2.05) is 0 Å². The monoisotopic (exact) mass is 528 g/mol. The van der Waals surface area contributed by atoms with Crippen LogP contribution in [0, 0.1) is 12.3 Å². The van der Waals surface area contributed by atoms with Crippen molar-refractivity contribution in [3.8, 4) is 5.75 Å². The molecule has 1 aromatic heterocycles. The third-order valence-electron chi connectivity index (χ3n) is 7.04. The summed E-state index contributed by atoms with van der Waals surface area (Å²) in [5, 5.41) is 19.2. The number of hydrogen-bond donors (Lipinski definition) is 3. The highest BCUT2D eigenvalue weighted by Gasteiger charge is 2.32. The summed E-state index contributed by atoms with van der Waals surface area (Å²) < 4.78 is 6.77. The van der Waals surface area contributed by atoms with E-state index in [1.165, 1.54) is 11.0 Å². The van der Waals surface area contributed by atoms with Gasteiger partial charge in [0.2, 0.25) is 0 Å². The van der Waals surface area contributed by atoms with E-state index in [9.17, 15) is 19.5 Å². The molecule has 0 radical (unpaired) electrons. The van der Waals surface area contributed by atoms with E-state index in [0.717, 1.165) is 25.7 Å². The summed E-state index contributed by atoms with van der Waals surface area (Å²) in [7, 11) is 1.54. The van der Waals surface area contributed by atoms with E-state index < -0.39 is 11.9 Å². The second-order valence-corrected chi connectivity index (χ2v) is 9.94. The van der Waals surface area contributed by atoms with Crippen molar-refractivity contribution in [1.29, 1.82) is 0 Å². The highest BCUT2D eigenvalue weighted by Crippen LogP contribution is 2.38. The average molecular weight is 529 g/mol. The molecular weight excluding hydrogens is 496 g/mol. The Kier molecular flexibility index (Phi) is 9.34. The zero-order chi connectivity index (χ0) is 27.2. The molecule has 0 saturated heterocycles. The largest absolute Gasteiger partial charge is 0.497 e. The molecule has 0 amide bonds. The summed E-state index contributed by atoms with van der Waals surface area (Å²) in [5.74, 6) is -1.29. The van der Waals surface area contributed by atoms with Crippen molar-refractivity contribution in [2.75, 3.05) is 13.7 Å². The van der Waals surface area contributed by atoms with Crippen molar-refractivity contribution in [2.45, 2.75) is 51.9 Å². The molecule has 4 N–H and O–H groups in total. The fraction of sp³-hybridized carbons (Fsp3) is 0.393. The van der Waals surface area contributed by atoms with Gasteiger partial charge in [0.25, 0.3) is 5.91 Å². The summed E-state index contributed by atoms with van der Waals surface area (Å²) in [6.07, 6.45) is 5.60. The van der Waals surface area contributed by atoms with E-state index in [0.29, 0.717) is 45.0 Å². The summed E-state index contributed by atoms with van der Waals surface area (Å²) in [6.45, 7) is 2.28. The molecule has 8 nitrogen and oxygen atoms in total. The van der Waals surface area contributed by atoms with Crippen molar-refractivity contribution < 1.29 is 29.3 Å². The molecule has 2 aromatic carbocycles. The molecule has 1 fully saturated rings. The van der Waals surface area contributed by atoms with Crippen LogP contribution in [0.5, 0.6) is 5.75 Å². The number of carboxylic acids is 2. The Morgan fingerprint density at radius 3 is 2.22 bits per heavy atom. The second kappa shape index (κ2) is 12.3. The van der Waals surface area contributed by atoms with Crippen molar-refractivity contribution in [2.24, 2.45) is 11.1 Å². The SMILES string of the molecule is COc1ccc2c(c1)c(CC(=O)O)c(C)n2C(=O)c1ccc(Cl)cc1.NCC1(CC(=O)O)CCCCC1. The molecule has 9 heteroatoms. The summed E-state index contributed by atoms with van der Waals surface area (Å²) >= 11 is 5.89. The summed E-state index contributed by atoms with van der Waals surface area (Å²) in [4.78, 5) is 34.8. The number of methoxy groups -OCH3 is 1. The molecule has 1 saturated carbocycles. The molecular formula is C28H33ClN2O6. The van der Waals surface area contributed by atoms with Crippen LogP contribution in [0.3, 0.4) is 0 Å². The number of benzene rings is 2. The van der Waals surface area contributed by atoms with Crippen LogP contribution in [0.2, 0.25) is 5.02 Å². The highest BCUT2D eigenvalue weighted by molar-refractivity contribution is 6.30. The van der Waals surface area contributed by atoms with Gasteiger partial charge in [-0.1, -0.05) is 30.9 Å². The van der Waals surface area contributed by atoms with Crippen molar-refractivity contribution in [3.05, 3.63) is 64.3 Å². The standard InChI is InChI=1S/C19H16ClNO4.C9H17NO2/c1-11-15(10-18(22)23)16-9-14(25-2)7-8-17(16)21(11)19(24)12-3-5-13(20)6-4-12;10-7-9(6-8(11)12)4-2-1-3-5-9/h3-9H,10H2,1-2H3,(H,22,23);1-7,10H2,(H,11,12). The van der Waals surface area contributed by atoms with Crippen molar-refractivity contribution in [1.82, 2.24) is 4.57 Å². The van der Waals surface area contributed by atoms with Crippen LogP contribution in [0.25, 0.3) is 10.9 Å². The van der Waals surface area contributed by atoms with E-state index in [4.69, 9.17) is 27.2 Å². The molecule has 1 heterocycles. The number of ether oxygens (including phenoxy) is 1. The fourth-order valence-electron chi connectivity index (χ4n) is 5.02. The van der Waals surface area contributed by atoms with E-state index in [2.05, 4.69) is 0 Å². The lowest BCUT2D eigenvalue weighted by molar-refractivity contribution is -0.140. The minimum atomic E-state index is -0.955. The zero-order valence-corrected chi connectivity index (χ0v) is 21.9. The van der Waals surface area contributed by atoms with Gasteiger partial charge in [-0.05, 0) is 79.8 Å². The first-order valence-corrected chi connectivity index (χ1v) is 12.6. The van der Waals surface area contributed by atoms with Gasteiger partial charge in [0, 0.05) is 21.7 Å². The number of aliphatic carboxylic acids is 2. The molecule has 1 aliphatic carbocycles. The number of carbonyl (C=O) groups excluding carboxylic acids is 1. The van der Waals surface area contributed by atoms with E-state index in [-0.39, 0.29) is 24.2 Å². The minimum Gasteiger partial charge on any atom is -0.497 e. The third-order valence-corrected chi connectivity index (χ3v) is 7.29. The third kappa shape index (κ3) is 6.70. The van der Waals surface area contributed by atoms with Gasteiger partial charge >= 0.3 is 11.9 Å². The lowest BCUT2D eigenvalue weighted by Gasteiger charge is -2.34. The van der Waals surface area contributed by atoms with Crippen LogP contribution in [0.4, 0.5) is 0 Å². The van der Waals surface area contributed by atoms with Crippen molar-refractivity contribution in [3.63, 3.8) is 0 Å². The zero-order valence-electron chi connectivity index (χ0n) is 21.1. The van der Waals surface area contributed by atoms with E-state index in [1.54, 1.807) is 56.5 Å². The fourth-order valence-corrected chi connectivity index (χ4v) is 5.15. The maximum absolute atomic E-state index is 13.0. The minimum absolute atomic E-state index is 0.0793. The van der Waals surface area contributed by atoms with Gasteiger partial charge in [-0.25, -0.2) is 0 Å². The van der Waals surface area contributed by atoms with Gasteiger partial charge < -0.3 is 20.7 Å². The average Bonchev–Trinajstić information content (AvgIpc) is 3.14. The first-order chi connectivity index (χ1) is 17.6. The highest BCUT2D eigenvalue weighted by atomic mass is 35.5. The Labute approximate surface area is 221 Å². The first-order valence-electron chi connectivity index (χ1n) is 12.2. The lowest BCUT2D eigenvalue weighted by Crippen LogP contribution is -2.34. The number of halogens is 1. The quantitative estimate of drug-likeness (QED) is 0.379. The molecule has 4 rings (SSSR count). The van der Waals surface area contributed by atoms with Crippen LogP contribution in [0.15, 0.2) is 42.5 Å². The van der Waals surface area contributed by atoms with Crippen LogP contribution in [0.1, 0.15) is 60.1 Å². The number of fused-ring (bicyclic) bond motifs is 1. The first kappa shape index (κ1) is 28.2. The van der Waals surface area contributed by atoms with Crippen LogP contribution in [-0.4, -0.2) is 46.3 Å². The van der Waals surface area contributed by atoms with Crippen molar-refractivity contribution >= 4 is 40.3 Å². The smallest absolute Gasteiger partial charge is 0.307 e. The van der Waals surface area contributed by atoms with Crippen LogP contribution < -0.4 is 10.5 Å². The Hall–Kier alpha value is -3.36. The Bertz CT molecular complexity index is 1280. The normalized spacial score (nSPS) is 14.5. The maximum atomic E-state index is 13.0. The Balaban J connectivity index is 0.000000266. The predicted octanol–water partition coefficient (Wildman–Crippen LogP) is 5.30. The summed E-state index contributed by atoms with van der Waals surface area (Å²) in [5.41, 5.74) is 7.87. The number of nitrogens with zero attached hydrogens (tertiary/aromatic N) is 1. The molecule has 0 aliphatic heterocycles. The Morgan fingerprint density at radius 2 is 1.68 bits per heavy atom. The number of carboxylic acid groups (broad SMARTS) is 2. The lowest BCUT2D eigenvalue weighted by atomic mass is 9.72. The van der Waals surface area contributed by atoms with Gasteiger partial charge in [0.1, 0.15) is 5.75 Å². The molecule has 37 heavy (non-hydrogen) atoms. The number of rotatable bonds is 7. The van der Waals surface area contributed by atoms with Gasteiger partial charge in [-0.2, -0.15) is 0 Å². The van der Waals surface area contributed by atoms with Crippen LogP contribution in [-0.2, 0) is 16.0 Å². The van der Waals surface area contributed by atoms with Gasteiger partial charge in [-0.15, -0.1) is 0 Å². The number of aromatic nitrogens is 1.